The highest BCUT2D eigenvalue weighted by Gasteiger charge is 2.70. The van der Waals surface area contributed by atoms with Crippen molar-refractivity contribution in [3.8, 4) is 0 Å². The predicted molar refractivity (Wildman–Crippen MR) is 106 cm³/mol. The van der Waals surface area contributed by atoms with Gasteiger partial charge in [-0.2, -0.15) is 0 Å². The van der Waals surface area contributed by atoms with Crippen LogP contribution in [-0.4, -0.2) is 30.2 Å². The summed E-state index contributed by atoms with van der Waals surface area (Å²) < 4.78 is 11.7. The first-order valence-electron chi connectivity index (χ1n) is 10.3. The highest BCUT2D eigenvalue weighted by atomic mass is 16.6. The SMILES string of the molecule is CCC12CC(=O)OC(C1OC(=O)C(C)(CC(C)(C)C)C(C)(C)C)C2C(C)N. The summed E-state index contributed by atoms with van der Waals surface area (Å²) in [5.41, 5.74) is 4.88. The van der Waals surface area contributed by atoms with Crippen molar-refractivity contribution >= 4 is 11.9 Å². The number of nitrogens with two attached hydrogens (primary N) is 1. The molecule has 0 aromatic heterocycles. The molecule has 1 saturated carbocycles. The average molecular weight is 382 g/mol. The maximum Gasteiger partial charge on any atom is 0.312 e. The molecular formula is C22H39NO4. The molecule has 27 heavy (non-hydrogen) atoms. The van der Waals surface area contributed by atoms with Crippen LogP contribution < -0.4 is 5.73 Å². The van der Waals surface area contributed by atoms with Crippen molar-refractivity contribution in [1.29, 1.82) is 0 Å². The summed E-state index contributed by atoms with van der Waals surface area (Å²) >= 11 is 0. The maximum absolute atomic E-state index is 13.4. The van der Waals surface area contributed by atoms with Gasteiger partial charge in [0.15, 0.2) is 0 Å². The molecule has 2 N–H and O–H groups in total. The lowest BCUT2D eigenvalue weighted by Gasteiger charge is -2.63. The standard InChI is InChI=1S/C22H39NO4/c1-10-22-11-14(24)26-16(15(22)13(2)23)17(22)27-18(25)21(9,20(6,7)8)12-19(3,4)5/h13,15-17H,10-12,23H2,1-9H3. The molecule has 1 aliphatic carbocycles. The Morgan fingerprint density at radius 2 is 1.81 bits per heavy atom. The molecule has 3 rings (SSSR count). The zero-order chi connectivity index (χ0) is 21.0. The molecule has 2 aliphatic heterocycles. The van der Waals surface area contributed by atoms with Gasteiger partial charge in [0.25, 0.3) is 0 Å². The fraction of sp³-hybridized carbons (Fsp3) is 0.909. The second-order valence-electron chi connectivity index (χ2n) is 11.2. The summed E-state index contributed by atoms with van der Waals surface area (Å²) in [5.74, 6) is -0.361. The van der Waals surface area contributed by atoms with Gasteiger partial charge in [-0.1, -0.05) is 48.5 Å². The van der Waals surface area contributed by atoms with E-state index >= 15 is 0 Å². The highest BCUT2D eigenvalue weighted by Crippen LogP contribution is 2.60. The molecule has 156 valence electrons. The Morgan fingerprint density at radius 1 is 1.26 bits per heavy atom. The average Bonchev–Trinajstić information content (AvgIpc) is 2.47. The summed E-state index contributed by atoms with van der Waals surface area (Å²) in [4.78, 5) is 25.5. The lowest BCUT2D eigenvalue weighted by atomic mass is 9.49. The number of esters is 2. The van der Waals surface area contributed by atoms with E-state index in [1.807, 2.05) is 20.8 Å². The van der Waals surface area contributed by atoms with Crippen molar-refractivity contribution in [2.75, 3.05) is 0 Å². The van der Waals surface area contributed by atoms with Crippen molar-refractivity contribution in [3.05, 3.63) is 0 Å². The third-order valence-corrected chi connectivity index (χ3v) is 7.07. The van der Waals surface area contributed by atoms with E-state index in [1.54, 1.807) is 0 Å². The van der Waals surface area contributed by atoms with Gasteiger partial charge in [0.05, 0.1) is 11.8 Å². The molecule has 3 fully saturated rings. The first-order valence-corrected chi connectivity index (χ1v) is 10.3. The molecule has 0 amide bonds. The summed E-state index contributed by atoms with van der Waals surface area (Å²) in [6.45, 7) is 18.7. The minimum absolute atomic E-state index is 0.0141. The van der Waals surface area contributed by atoms with Crippen LogP contribution in [0.25, 0.3) is 0 Å². The molecule has 6 atom stereocenters. The van der Waals surface area contributed by atoms with E-state index in [0.717, 1.165) is 12.8 Å². The minimum atomic E-state index is -0.641. The topological polar surface area (TPSA) is 78.6 Å². The molecule has 0 radical (unpaired) electrons. The summed E-state index contributed by atoms with van der Waals surface area (Å²) in [7, 11) is 0. The minimum Gasteiger partial charge on any atom is -0.458 e. The fourth-order valence-corrected chi connectivity index (χ4v) is 5.25. The summed E-state index contributed by atoms with van der Waals surface area (Å²) in [6.07, 6.45) is 0.915. The predicted octanol–water partition coefficient (Wildman–Crippen LogP) is 4.08. The molecule has 5 nitrogen and oxygen atoms in total. The van der Waals surface area contributed by atoms with Crippen LogP contribution in [0.5, 0.6) is 0 Å². The maximum atomic E-state index is 13.4. The van der Waals surface area contributed by atoms with Gasteiger partial charge in [-0.3, -0.25) is 9.59 Å². The third kappa shape index (κ3) is 3.64. The smallest absolute Gasteiger partial charge is 0.312 e. The molecule has 6 unspecified atom stereocenters. The van der Waals surface area contributed by atoms with Crippen LogP contribution in [-0.2, 0) is 19.1 Å². The van der Waals surface area contributed by atoms with Crippen LogP contribution in [0.1, 0.15) is 81.6 Å². The Hall–Kier alpha value is -1.10. The normalized spacial score (nSPS) is 34.1. The fourth-order valence-electron chi connectivity index (χ4n) is 5.25. The van der Waals surface area contributed by atoms with Crippen LogP contribution in [0.4, 0.5) is 0 Å². The Morgan fingerprint density at radius 3 is 2.22 bits per heavy atom. The largest absolute Gasteiger partial charge is 0.458 e. The van der Waals surface area contributed by atoms with Gasteiger partial charge < -0.3 is 15.2 Å². The third-order valence-electron chi connectivity index (χ3n) is 7.07. The Kier molecular flexibility index (Phi) is 5.55. The van der Waals surface area contributed by atoms with E-state index in [1.165, 1.54) is 0 Å². The van der Waals surface area contributed by atoms with Crippen molar-refractivity contribution in [1.82, 2.24) is 0 Å². The second-order valence-corrected chi connectivity index (χ2v) is 11.2. The lowest BCUT2D eigenvalue weighted by Crippen LogP contribution is -2.74. The van der Waals surface area contributed by atoms with Gasteiger partial charge in [0, 0.05) is 17.4 Å². The Balaban J connectivity index is 2.31. The molecule has 5 heteroatoms. The molecule has 0 spiro atoms. The van der Waals surface area contributed by atoms with Crippen LogP contribution in [0, 0.1) is 27.6 Å². The number of fused-ring (bicyclic) bond motifs is 2. The van der Waals surface area contributed by atoms with E-state index in [0.29, 0.717) is 0 Å². The number of hydrogen-bond donors (Lipinski definition) is 1. The Labute approximate surface area is 164 Å². The molecule has 0 aromatic rings. The molecule has 2 bridgehead atoms. The van der Waals surface area contributed by atoms with E-state index in [4.69, 9.17) is 15.2 Å². The first-order chi connectivity index (χ1) is 12.1. The number of ether oxygens (including phenoxy) is 2. The van der Waals surface area contributed by atoms with Crippen molar-refractivity contribution in [3.63, 3.8) is 0 Å². The zero-order valence-electron chi connectivity index (χ0n) is 18.6. The monoisotopic (exact) mass is 381 g/mol. The van der Waals surface area contributed by atoms with Crippen LogP contribution in [0.3, 0.4) is 0 Å². The number of rotatable bonds is 5. The Bertz CT molecular complexity index is 600. The van der Waals surface area contributed by atoms with Crippen molar-refractivity contribution in [2.24, 2.45) is 33.3 Å². The van der Waals surface area contributed by atoms with Gasteiger partial charge in [-0.25, -0.2) is 0 Å². The van der Waals surface area contributed by atoms with Gasteiger partial charge in [0.2, 0.25) is 0 Å². The first kappa shape index (κ1) is 22.2. The van der Waals surface area contributed by atoms with E-state index in [9.17, 15) is 9.59 Å². The summed E-state index contributed by atoms with van der Waals surface area (Å²) in [6, 6.07) is -0.110. The highest BCUT2D eigenvalue weighted by molar-refractivity contribution is 5.79. The molecule has 0 aromatic carbocycles. The molecule has 3 aliphatic rings. The van der Waals surface area contributed by atoms with Gasteiger partial charge >= 0.3 is 11.9 Å². The van der Waals surface area contributed by atoms with E-state index < -0.39 is 23.0 Å². The van der Waals surface area contributed by atoms with Crippen LogP contribution in [0.15, 0.2) is 0 Å². The van der Waals surface area contributed by atoms with Gasteiger partial charge in [0.1, 0.15) is 12.2 Å². The summed E-state index contributed by atoms with van der Waals surface area (Å²) in [5, 5.41) is 0. The lowest BCUT2D eigenvalue weighted by molar-refractivity contribution is -0.283. The van der Waals surface area contributed by atoms with Crippen LogP contribution >= 0.6 is 0 Å². The number of carbonyl (C=O) groups excluding carboxylic acids is 2. The number of carbonyl (C=O) groups is 2. The molecule has 2 heterocycles. The van der Waals surface area contributed by atoms with E-state index in [2.05, 4.69) is 41.5 Å². The second kappa shape index (κ2) is 6.75. The quantitative estimate of drug-likeness (QED) is 0.726. The van der Waals surface area contributed by atoms with Crippen molar-refractivity contribution in [2.45, 2.75) is 99.8 Å². The van der Waals surface area contributed by atoms with Gasteiger partial charge in [-0.05, 0) is 37.5 Å². The number of hydrogen-bond acceptors (Lipinski definition) is 5. The van der Waals surface area contributed by atoms with Gasteiger partial charge in [-0.15, -0.1) is 0 Å². The zero-order valence-corrected chi connectivity index (χ0v) is 18.6. The molecular weight excluding hydrogens is 342 g/mol. The van der Waals surface area contributed by atoms with Crippen LogP contribution in [0.2, 0.25) is 0 Å². The molecule has 2 saturated heterocycles. The van der Waals surface area contributed by atoms with Crippen molar-refractivity contribution < 1.29 is 19.1 Å². The van der Waals surface area contributed by atoms with E-state index in [-0.39, 0.29) is 41.1 Å².